The molecule has 1 fully saturated rings. The van der Waals surface area contributed by atoms with Crippen LogP contribution in [0.1, 0.15) is 42.1 Å². The third-order valence-electron chi connectivity index (χ3n) is 6.47. The van der Waals surface area contributed by atoms with Crippen molar-refractivity contribution in [1.82, 2.24) is 4.90 Å². The molecule has 6 heteroatoms. The number of hydrogen-bond acceptors (Lipinski definition) is 4. The van der Waals surface area contributed by atoms with Crippen molar-refractivity contribution in [2.45, 2.75) is 38.2 Å². The highest BCUT2D eigenvalue weighted by atomic mass is 32.2. The Morgan fingerprint density at radius 2 is 1.80 bits per heavy atom. The molecule has 0 bridgehead atoms. The number of β-amino-alcohol motifs (C(OH)–C–C–N with tert-alkyl or cyclic N) is 1. The monoisotopic (exact) mass is 428 g/mol. The van der Waals surface area contributed by atoms with Crippen molar-refractivity contribution in [1.29, 1.82) is 0 Å². The summed E-state index contributed by atoms with van der Waals surface area (Å²) >= 11 is 0. The zero-order chi connectivity index (χ0) is 21.1. The van der Waals surface area contributed by atoms with E-state index in [1.165, 1.54) is 16.1 Å². The molecule has 0 aliphatic carbocycles. The normalized spacial score (nSPS) is 19.5. The van der Waals surface area contributed by atoms with Crippen LogP contribution in [0.3, 0.4) is 0 Å². The van der Waals surface area contributed by atoms with Crippen molar-refractivity contribution in [3.8, 4) is 0 Å². The minimum Gasteiger partial charge on any atom is -0.387 e. The molecule has 0 radical (unpaired) electrons. The quantitative estimate of drug-likeness (QED) is 0.766. The maximum absolute atomic E-state index is 12.0. The highest BCUT2D eigenvalue weighted by molar-refractivity contribution is 7.92. The summed E-state index contributed by atoms with van der Waals surface area (Å²) in [5.74, 6) is 0.714. The van der Waals surface area contributed by atoms with Gasteiger partial charge in [-0.15, -0.1) is 0 Å². The van der Waals surface area contributed by atoms with Gasteiger partial charge in [0.1, 0.15) is 0 Å². The van der Waals surface area contributed by atoms with Gasteiger partial charge in [0.15, 0.2) is 0 Å². The van der Waals surface area contributed by atoms with Crippen molar-refractivity contribution in [2.24, 2.45) is 5.92 Å². The topological polar surface area (TPSA) is 60.9 Å². The van der Waals surface area contributed by atoms with Crippen molar-refractivity contribution >= 4 is 15.7 Å². The number of rotatable bonds is 6. The maximum atomic E-state index is 12.0. The molecule has 0 amide bonds. The number of nitrogens with zero attached hydrogens (tertiary/aromatic N) is 2. The number of sulfonamides is 1. The van der Waals surface area contributed by atoms with Gasteiger partial charge < -0.3 is 10.0 Å². The lowest BCUT2D eigenvalue weighted by molar-refractivity contribution is 0.0892. The largest absolute Gasteiger partial charge is 0.387 e. The van der Waals surface area contributed by atoms with Crippen molar-refractivity contribution in [2.75, 3.05) is 36.7 Å². The lowest BCUT2D eigenvalue weighted by atomic mass is 9.90. The number of aryl methyl sites for hydroxylation is 1. The fourth-order valence-corrected chi connectivity index (χ4v) is 5.80. The molecular weight excluding hydrogens is 396 g/mol. The Labute approximate surface area is 180 Å². The van der Waals surface area contributed by atoms with E-state index < -0.39 is 16.1 Å². The molecule has 1 atom stereocenters. The van der Waals surface area contributed by atoms with E-state index in [9.17, 15) is 13.5 Å². The Morgan fingerprint density at radius 1 is 1.07 bits per heavy atom. The summed E-state index contributed by atoms with van der Waals surface area (Å²) in [6, 6.07) is 16.4. The minimum absolute atomic E-state index is 0.533. The van der Waals surface area contributed by atoms with E-state index in [1.807, 2.05) is 18.2 Å². The van der Waals surface area contributed by atoms with E-state index in [0.29, 0.717) is 19.0 Å². The zero-order valence-corrected chi connectivity index (χ0v) is 18.5. The van der Waals surface area contributed by atoms with Crippen LogP contribution in [0, 0.1) is 5.92 Å². The molecule has 2 aliphatic rings. The van der Waals surface area contributed by atoms with Gasteiger partial charge in [0.2, 0.25) is 10.0 Å². The third kappa shape index (κ3) is 5.05. The maximum Gasteiger partial charge on any atom is 0.232 e. The molecule has 4 rings (SSSR count). The van der Waals surface area contributed by atoms with Crippen LogP contribution in [0.4, 0.5) is 5.69 Å². The molecule has 1 saturated heterocycles. The van der Waals surface area contributed by atoms with E-state index in [0.717, 1.165) is 62.0 Å². The number of aliphatic hydroxyl groups is 1. The number of benzene rings is 2. The summed E-state index contributed by atoms with van der Waals surface area (Å²) in [6.07, 6.45) is 5.84. The second kappa shape index (κ2) is 9.08. The van der Waals surface area contributed by atoms with E-state index in [2.05, 4.69) is 35.2 Å². The highest BCUT2D eigenvalue weighted by Gasteiger charge is 2.26. The zero-order valence-electron chi connectivity index (χ0n) is 17.7. The summed E-state index contributed by atoms with van der Waals surface area (Å²) in [4.78, 5) is 2.36. The molecule has 0 spiro atoms. The highest BCUT2D eigenvalue weighted by Crippen LogP contribution is 2.32. The van der Waals surface area contributed by atoms with Crippen molar-refractivity contribution in [3.05, 3.63) is 65.2 Å². The van der Waals surface area contributed by atoms with Crippen molar-refractivity contribution < 1.29 is 13.5 Å². The summed E-state index contributed by atoms with van der Waals surface area (Å²) < 4.78 is 25.6. The molecule has 30 heavy (non-hydrogen) atoms. The number of anilines is 1. The van der Waals surface area contributed by atoms with Crippen LogP contribution in [0.2, 0.25) is 0 Å². The molecule has 2 aromatic rings. The second-order valence-corrected chi connectivity index (χ2v) is 10.7. The first-order chi connectivity index (χ1) is 14.4. The summed E-state index contributed by atoms with van der Waals surface area (Å²) in [5.41, 5.74) is 4.08. The molecule has 162 valence electrons. The molecule has 2 heterocycles. The molecule has 0 aromatic heterocycles. The Morgan fingerprint density at radius 3 is 2.50 bits per heavy atom. The van der Waals surface area contributed by atoms with Crippen LogP contribution in [-0.2, 0) is 22.9 Å². The van der Waals surface area contributed by atoms with Crippen molar-refractivity contribution in [3.63, 3.8) is 0 Å². The summed E-state index contributed by atoms with van der Waals surface area (Å²) in [5, 5.41) is 10.8. The SMILES string of the molecule is CS(=O)(=O)N1CCCc2cc(C(O)CN3CCC(Cc4ccccc4)CC3)ccc21. The van der Waals surface area contributed by atoms with Gasteiger partial charge in [-0.1, -0.05) is 42.5 Å². The second-order valence-electron chi connectivity index (χ2n) is 8.78. The van der Waals surface area contributed by atoms with Gasteiger partial charge in [-0.3, -0.25) is 4.31 Å². The molecule has 5 nitrogen and oxygen atoms in total. The molecular formula is C24H32N2O3S. The minimum atomic E-state index is -3.26. The average molecular weight is 429 g/mol. The van der Waals surface area contributed by atoms with Crippen LogP contribution in [0.5, 0.6) is 0 Å². The fourth-order valence-electron chi connectivity index (χ4n) is 4.80. The standard InChI is InChI=1S/C24H32N2O3S/c1-30(28,29)26-13-5-8-21-17-22(9-10-23(21)26)24(27)18-25-14-11-20(12-15-25)16-19-6-3-2-4-7-19/h2-4,6-7,9-10,17,20,24,27H,5,8,11-16,18H2,1H3. The molecule has 0 saturated carbocycles. The van der Waals surface area contributed by atoms with Gasteiger partial charge in [-0.05, 0) is 73.9 Å². The van der Waals surface area contributed by atoms with E-state index in [1.54, 1.807) is 0 Å². The van der Waals surface area contributed by atoms with Crippen LogP contribution < -0.4 is 4.31 Å². The van der Waals surface area contributed by atoms with Crippen LogP contribution in [0.25, 0.3) is 0 Å². The lowest BCUT2D eigenvalue weighted by Crippen LogP contribution is -2.37. The van der Waals surface area contributed by atoms with Gasteiger partial charge in [-0.25, -0.2) is 8.42 Å². The van der Waals surface area contributed by atoms with E-state index in [-0.39, 0.29) is 0 Å². The van der Waals surface area contributed by atoms with E-state index in [4.69, 9.17) is 0 Å². The molecule has 2 aromatic carbocycles. The Hall–Kier alpha value is -1.89. The smallest absolute Gasteiger partial charge is 0.232 e. The van der Waals surface area contributed by atoms with Crippen LogP contribution in [0.15, 0.2) is 48.5 Å². The number of hydrogen-bond donors (Lipinski definition) is 1. The lowest BCUT2D eigenvalue weighted by Gasteiger charge is -2.34. The van der Waals surface area contributed by atoms with Gasteiger partial charge in [0, 0.05) is 13.1 Å². The predicted octanol–water partition coefficient (Wildman–Crippen LogP) is 3.39. The van der Waals surface area contributed by atoms with Gasteiger partial charge >= 0.3 is 0 Å². The van der Waals surface area contributed by atoms with Gasteiger partial charge in [0.25, 0.3) is 0 Å². The molecule has 2 aliphatic heterocycles. The molecule has 1 unspecified atom stereocenters. The number of fused-ring (bicyclic) bond motifs is 1. The predicted molar refractivity (Wildman–Crippen MR) is 121 cm³/mol. The third-order valence-corrected chi connectivity index (χ3v) is 7.65. The molecule has 1 N–H and O–H groups in total. The summed E-state index contributed by atoms with van der Waals surface area (Å²) in [7, 11) is -3.26. The fraction of sp³-hybridized carbons (Fsp3) is 0.500. The summed E-state index contributed by atoms with van der Waals surface area (Å²) in [6.45, 7) is 3.20. The first-order valence-corrected chi connectivity index (χ1v) is 12.8. The van der Waals surface area contributed by atoms with E-state index >= 15 is 0 Å². The Balaban J connectivity index is 1.34. The number of aliphatic hydroxyl groups excluding tert-OH is 1. The Kier molecular flexibility index (Phi) is 6.46. The van der Waals surface area contributed by atoms with Crippen LogP contribution in [-0.4, -0.2) is 50.9 Å². The first-order valence-electron chi connectivity index (χ1n) is 10.9. The van der Waals surface area contributed by atoms with Crippen LogP contribution >= 0.6 is 0 Å². The van der Waals surface area contributed by atoms with Gasteiger partial charge in [-0.2, -0.15) is 0 Å². The Bertz CT molecular complexity index is 954. The average Bonchev–Trinajstić information content (AvgIpc) is 2.74. The van der Waals surface area contributed by atoms with Gasteiger partial charge in [0.05, 0.1) is 18.0 Å². The first kappa shape index (κ1) is 21.3. The number of piperidine rings is 1. The number of likely N-dealkylation sites (tertiary alicyclic amines) is 1.